The van der Waals surface area contributed by atoms with Crippen LogP contribution in [0.2, 0.25) is 0 Å². The molecule has 0 unspecified atom stereocenters. The number of benzene rings is 2. The van der Waals surface area contributed by atoms with Crippen molar-refractivity contribution in [3.05, 3.63) is 64.8 Å². The van der Waals surface area contributed by atoms with E-state index in [0.29, 0.717) is 33.5 Å². The summed E-state index contributed by atoms with van der Waals surface area (Å²) in [7, 11) is 1.58. The van der Waals surface area contributed by atoms with Crippen LogP contribution >= 0.6 is 11.3 Å². The maximum absolute atomic E-state index is 13.3. The van der Waals surface area contributed by atoms with Crippen molar-refractivity contribution in [1.82, 2.24) is 14.8 Å². The summed E-state index contributed by atoms with van der Waals surface area (Å²) < 4.78 is 47.5. The number of rotatable bonds is 3. The monoisotopic (exact) mass is 458 g/mol. The van der Waals surface area contributed by atoms with E-state index in [0.717, 1.165) is 22.3 Å². The molecule has 0 aliphatic carbocycles. The molecule has 0 saturated heterocycles. The van der Waals surface area contributed by atoms with Crippen LogP contribution in [0.1, 0.15) is 34.7 Å². The lowest BCUT2D eigenvalue weighted by molar-refractivity contribution is -0.137. The minimum atomic E-state index is -4.46. The molecule has 164 valence electrons. The lowest BCUT2D eigenvalue weighted by Gasteiger charge is -2.24. The van der Waals surface area contributed by atoms with Gasteiger partial charge in [-0.25, -0.2) is 4.98 Å². The summed E-state index contributed by atoms with van der Waals surface area (Å²) >= 11 is 1.38. The number of thiazole rings is 1. The second-order valence-corrected chi connectivity index (χ2v) is 8.53. The molecule has 0 bridgehead atoms. The number of nitrogens with zero attached hydrogens (tertiary/aromatic N) is 3. The number of aromatic nitrogens is 3. The third-order valence-corrected chi connectivity index (χ3v) is 6.48. The lowest BCUT2D eigenvalue weighted by Crippen LogP contribution is -2.25. The molecule has 4 aromatic rings. The first-order chi connectivity index (χ1) is 15.2. The van der Waals surface area contributed by atoms with Gasteiger partial charge in [0, 0.05) is 17.9 Å². The third kappa shape index (κ3) is 3.40. The first-order valence-electron chi connectivity index (χ1n) is 9.76. The molecule has 1 aliphatic rings. The second-order valence-electron chi connectivity index (χ2n) is 7.52. The molecule has 5 rings (SSSR count). The van der Waals surface area contributed by atoms with E-state index in [1.807, 2.05) is 12.1 Å². The highest BCUT2D eigenvalue weighted by Gasteiger charge is 2.35. The predicted octanol–water partition coefficient (Wildman–Crippen LogP) is 5.29. The maximum atomic E-state index is 13.3. The average molecular weight is 458 g/mol. The molecule has 3 heterocycles. The molecule has 32 heavy (non-hydrogen) atoms. The molecule has 0 saturated carbocycles. The fraction of sp³-hybridized carbons (Fsp3) is 0.227. The molecule has 1 atom stereocenters. The molecule has 2 aromatic carbocycles. The van der Waals surface area contributed by atoms with Crippen LogP contribution in [0.25, 0.3) is 15.3 Å². The highest BCUT2D eigenvalue weighted by atomic mass is 32.1. The Bertz CT molecular complexity index is 1360. The summed E-state index contributed by atoms with van der Waals surface area (Å²) in [5, 5.41) is 7.96. The molecular formula is C22H17F3N4O2S. The van der Waals surface area contributed by atoms with Gasteiger partial charge >= 0.3 is 6.18 Å². The Labute approximate surface area is 184 Å². The molecule has 6 nitrogen and oxygen atoms in total. The Morgan fingerprint density at radius 3 is 2.78 bits per heavy atom. The van der Waals surface area contributed by atoms with Crippen molar-refractivity contribution in [1.29, 1.82) is 0 Å². The molecule has 1 amide bonds. The largest absolute Gasteiger partial charge is 0.497 e. The second kappa shape index (κ2) is 7.33. The summed E-state index contributed by atoms with van der Waals surface area (Å²) in [5.41, 5.74) is 1.75. The molecule has 2 aromatic heterocycles. The number of methoxy groups -OCH3 is 1. The van der Waals surface area contributed by atoms with Crippen LogP contribution in [0.4, 0.5) is 19.0 Å². The summed E-state index contributed by atoms with van der Waals surface area (Å²) in [6.45, 7) is 1.78. The highest BCUT2D eigenvalue weighted by molar-refractivity contribution is 7.20. The van der Waals surface area contributed by atoms with Crippen molar-refractivity contribution < 1.29 is 22.7 Å². The quantitative estimate of drug-likeness (QED) is 0.453. The van der Waals surface area contributed by atoms with Gasteiger partial charge in [-0.1, -0.05) is 29.5 Å². The standard InChI is InChI=1S/C22H17F3N4O2S/c1-11-19-15(12-4-3-5-13(8-12)22(23,24)25)10-18(30)27-20(19)29(28-11)21-26-16-7-6-14(31-2)9-17(16)32-21/h3-9,15H,10H2,1-2H3,(H,27,30)/t15-/m1/s1. The van der Waals surface area contributed by atoms with Crippen molar-refractivity contribution in [3.63, 3.8) is 0 Å². The summed E-state index contributed by atoms with van der Waals surface area (Å²) in [6.07, 6.45) is -4.42. The number of carbonyl (C=O) groups excluding carboxylic acids is 1. The van der Waals surface area contributed by atoms with Crippen molar-refractivity contribution >= 4 is 33.3 Å². The molecule has 10 heteroatoms. The number of hydrogen-bond donors (Lipinski definition) is 1. The van der Waals surface area contributed by atoms with Crippen molar-refractivity contribution in [2.45, 2.75) is 25.4 Å². The van der Waals surface area contributed by atoms with Crippen molar-refractivity contribution in [2.24, 2.45) is 0 Å². The van der Waals surface area contributed by atoms with E-state index in [1.54, 1.807) is 30.8 Å². The SMILES string of the molecule is COc1ccc2nc(-n3nc(C)c4c3NC(=O)C[C@@H]4c3cccc(C(F)(F)F)c3)sc2c1. The zero-order valence-electron chi connectivity index (χ0n) is 17.0. The Balaban J connectivity index is 1.63. The number of halogens is 3. The van der Waals surface area contributed by atoms with Crippen LogP contribution in [0.5, 0.6) is 5.75 Å². The van der Waals surface area contributed by atoms with Crippen LogP contribution in [0.3, 0.4) is 0 Å². The van der Waals surface area contributed by atoms with E-state index in [-0.39, 0.29) is 12.3 Å². The van der Waals surface area contributed by atoms with Gasteiger partial charge in [-0.15, -0.1) is 0 Å². The smallest absolute Gasteiger partial charge is 0.416 e. The number of hydrogen-bond acceptors (Lipinski definition) is 5. The van der Waals surface area contributed by atoms with Gasteiger partial charge in [0.05, 0.1) is 28.6 Å². The molecule has 0 radical (unpaired) electrons. The van der Waals surface area contributed by atoms with Gasteiger partial charge < -0.3 is 10.1 Å². The minimum absolute atomic E-state index is 0.0396. The Morgan fingerprint density at radius 2 is 2.03 bits per heavy atom. The van der Waals surface area contributed by atoms with Gasteiger partial charge in [0.15, 0.2) is 0 Å². The fourth-order valence-electron chi connectivity index (χ4n) is 4.01. The molecule has 0 spiro atoms. The molecule has 0 fully saturated rings. The van der Waals surface area contributed by atoms with Crippen LogP contribution < -0.4 is 10.1 Å². The maximum Gasteiger partial charge on any atom is 0.416 e. The van der Waals surface area contributed by atoms with Gasteiger partial charge in [0.1, 0.15) is 11.6 Å². The van der Waals surface area contributed by atoms with Gasteiger partial charge in [-0.05, 0) is 36.8 Å². The predicted molar refractivity (Wildman–Crippen MR) is 115 cm³/mol. The normalized spacial score (nSPS) is 16.2. The number of alkyl halides is 3. The van der Waals surface area contributed by atoms with Gasteiger partial charge in [-0.3, -0.25) is 4.79 Å². The zero-order valence-corrected chi connectivity index (χ0v) is 17.8. The summed E-state index contributed by atoms with van der Waals surface area (Å²) in [5.74, 6) is 0.310. The number of ether oxygens (including phenoxy) is 1. The molecular weight excluding hydrogens is 441 g/mol. The van der Waals surface area contributed by atoms with E-state index < -0.39 is 17.7 Å². The van der Waals surface area contributed by atoms with E-state index in [9.17, 15) is 18.0 Å². The van der Waals surface area contributed by atoms with Gasteiger partial charge in [0.2, 0.25) is 11.0 Å². The van der Waals surface area contributed by atoms with Crippen LogP contribution in [0.15, 0.2) is 42.5 Å². The van der Waals surface area contributed by atoms with Crippen LogP contribution in [-0.4, -0.2) is 27.8 Å². The van der Waals surface area contributed by atoms with Crippen LogP contribution in [-0.2, 0) is 11.0 Å². The Hall–Kier alpha value is -3.40. The zero-order chi connectivity index (χ0) is 22.6. The summed E-state index contributed by atoms with van der Waals surface area (Å²) in [6, 6.07) is 10.6. The van der Waals surface area contributed by atoms with Gasteiger partial charge in [0.25, 0.3) is 0 Å². The Kier molecular flexibility index (Phi) is 4.70. The highest BCUT2D eigenvalue weighted by Crippen LogP contribution is 2.42. The summed E-state index contributed by atoms with van der Waals surface area (Å²) in [4.78, 5) is 17.1. The number of amides is 1. The average Bonchev–Trinajstić information content (AvgIpc) is 3.32. The Morgan fingerprint density at radius 1 is 1.22 bits per heavy atom. The number of fused-ring (bicyclic) bond motifs is 2. The number of aryl methyl sites for hydroxylation is 1. The van der Waals surface area contributed by atoms with Gasteiger partial charge in [-0.2, -0.15) is 23.0 Å². The van der Waals surface area contributed by atoms with E-state index in [4.69, 9.17) is 4.74 Å². The number of nitrogens with one attached hydrogen (secondary N) is 1. The molecule has 1 N–H and O–H groups in total. The fourth-order valence-corrected chi connectivity index (χ4v) is 4.96. The first kappa shape index (κ1) is 20.5. The van der Waals surface area contributed by atoms with E-state index in [1.165, 1.54) is 17.4 Å². The van der Waals surface area contributed by atoms with Crippen LogP contribution in [0, 0.1) is 6.92 Å². The van der Waals surface area contributed by atoms with E-state index >= 15 is 0 Å². The topological polar surface area (TPSA) is 69.0 Å². The van der Waals surface area contributed by atoms with Crippen molar-refractivity contribution in [3.8, 4) is 10.9 Å². The lowest BCUT2D eigenvalue weighted by atomic mass is 9.85. The van der Waals surface area contributed by atoms with E-state index in [2.05, 4.69) is 15.4 Å². The third-order valence-electron chi connectivity index (χ3n) is 5.48. The van der Waals surface area contributed by atoms with Crippen molar-refractivity contribution in [2.75, 3.05) is 12.4 Å². The minimum Gasteiger partial charge on any atom is -0.497 e. The first-order valence-corrected chi connectivity index (χ1v) is 10.6. The number of carbonyl (C=O) groups is 1. The molecule has 1 aliphatic heterocycles. The number of anilines is 1.